The third-order valence-corrected chi connectivity index (χ3v) is 4.57. The maximum absolute atomic E-state index is 12.4. The number of alkyl halides is 2. The summed E-state index contributed by atoms with van der Waals surface area (Å²) in [6, 6.07) is 4.03. The second kappa shape index (κ2) is 7.01. The summed E-state index contributed by atoms with van der Waals surface area (Å²) < 4.78 is 52.5. The highest BCUT2D eigenvalue weighted by molar-refractivity contribution is 7.91. The van der Waals surface area contributed by atoms with Crippen molar-refractivity contribution in [2.45, 2.75) is 29.5 Å². The van der Waals surface area contributed by atoms with E-state index in [1.54, 1.807) is 0 Å². The van der Waals surface area contributed by atoms with Gasteiger partial charge in [0, 0.05) is 12.3 Å². The number of ether oxygens (including phenoxy) is 1. The fourth-order valence-corrected chi connectivity index (χ4v) is 2.76. The second-order valence-corrected chi connectivity index (χ2v) is 6.76. The summed E-state index contributed by atoms with van der Waals surface area (Å²) >= 11 is 0. The van der Waals surface area contributed by atoms with E-state index in [0.717, 1.165) is 25.0 Å². The van der Waals surface area contributed by atoms with Crippen LogP contribution in [0.15, 0.2) is 29.2 Å². The van der Waals surface area contributed by atoms with Gasteiger partial charge < -0.3 is 15.4 Å². The number of nitrogens with one attached hydrogen (secondary N) is 2. The molecule has 0 aliphatic carbocycles. The summed E-state index contributed by atoms with van der Waals surface area (Å²) in [4.78, 5) is 11.3. The lowest BCUT2D eigenvalue weighted by Gasteiger charge is -2.23. The van der Waals surface area contributed by atoms with E-state index in [4.69, 9.17) is 4.74 Å². The molecule has 1 fully saturated rings. The molecule has 0 aromatic heterocycles. The van der Waals surface area contributed by atoms with E-state index in [0.29, 0.717) is 18.9 Å². The van der Waals surface area contributed by atoms with E-state index in [-0.39, 0.29) is 6.04 Å². The minimum Gasteiger partial charge on any atom is -0.379 e. The highest BCUT2D eigenvalue weighted by atomic mass is 32.2. The van der Waals surface area contributed by atoms with Crippen LogP contribution in [0, 0.1) is 0 Å². The minimum atomic E-state index is -4.62. The van der Waals surface area contributed by atoms with E-state index in [2.05, 4.69) is 10.6 Å². The predicted molar refractivity (Wildman–Crippen MR) is 75.6 cm³/mol. The molecule has 1 heterocycles. The number of hydrogen-bond acceptors (Lipinski definition) is 4. The Morgan fingerprint density at radius 2 is 1.95 bits per heavy atom. The van der Waals surface area contributed by atoms with Gasteiger partial charge in [0.1, 0.15) is 0 Å². The summed E-state index contributed by atoms with van der Waals surface area (Å²) in [7, 11) is -4.62. The predicted octanol–water partition coefficient (Wildman–Crippen LogP) is 1.98. The molecule has 1 aliphatic heterocycles. The van der Waals surface area contributed by atoms with E-state index in [1.165, 1.54) is 12.1 Å². The largest absolute Gasteiger partial charge is 0.379 e. The Kier molecular flexibility index (Phi) is 5.30. The Balaban J connectivity index is 1.95. The summed E-state index contributed by atoms with van der Waals surface area (Å²) in [5.74, 6) is -3.47. The van der Waals surface area contributed by atoms with Gasteiger partial charge in [-0.15, -0.1) is 0 Å². The van der Waals surface area contributed by atoms with Gasteiger partial charge in [0.05, 0.1) is 17.5 Å². The number of hydrogen-bond donors (Lipinski definition) is 2. The molecule has 2 N–H and O–H groups in total. The van der Waals surface area contributed by atoms with Crippen LogP contribution in [0.2, 0.25) is 0 Å². The zero-order valence-electron chi connectivity index (χ0n) is 11.6. The van der Waals surface area contributed by atoms with Crippen LogP contribution in [0.25, 0.3) is 0 Å². The first kappa shape index (κ1) is 16.6. The number of halogens is 2. The zero-order valence-corrected chi connectivity index (χ0v) is 12.4. The molecule has 1 aliphatic rings. The SMILES string of the molecule is O=C(Nc1ccc(S(=O)(=O)C(F)F)cc1)NC1CCCOC1. The van der Waals surface area contributed by atoms with Crippen molar-refractivity contribution in [2.75, 3.05) is 18.5 Å². The highest BCUT2D eigenvalue weighted by Crippen LogP contribution is 2.20. The molecule has 1 unspecified atom stereocenters. The van der Waals surface area contributed by atoms with Crippen molar-refractivity contribution in [3.8, 4) is 0 Å². The Bertz CT molecular complexity index is 613. The third-order valence-electron chi connectivity index (χ3n) is 3.17. The van der Waals surface area contributed by atoms with Crippen LogP contribution in [0.5, 0.6) is 0 Å². The molecule has 1 saturated heterocycles. The van der Waals surface area contributed by atoms with Crippen molar-refractivity contribution in [2.24, 2.45) is 0 Å². The first-order valence-corrected chi connectivity index (χ1v) is 8.21. The summed E-state index contributed by atoms with van der Waals surface area (Å²) in [5, 5.41) is 5.23. The summed E-state index contributed by atoms with van der Waals surface area (Å²) in [5.41, 5.74) is 0.308. The van der Waals surface area contributed by atoms with Crippen LogP contribution >= 0.6 is 0 Å². The lowest BCUT2D eigenvalue weighted by molar-refractivity contribution is 0.0739. The Labute approximate surface area is 126 Å². The number of carbonyl (C=O) groups excluding carboxylic acids is 1. The molecule has 0 radical (unpaired) electrons. The van der Waals surface area contributed by atoms with Crippen molar-refractivity contribution in [3.63, 3.8) is 0 Å². The van der Waals surface area contributed by atoms with Gasteiger partial charge in [-0.2, -0.15) is 8.78 Å². The van der Waals surface area contributed by atoms with Crippen LogP contribution in [0.3, 0.4) is 0 Å². The van der Waals surface area contributed by atoms with Crippen molar-refractivity contribution in [1.82, 2.24) is 5.32 Å². The molecule has 2 amide bonds. The fourth-order valence-electron chi connectivity index (χ4n) is 2.04. The second-order valence-electron chi connectivity index (χ2n) is 4.84. The first-order valence-electron chi connectivity index (χ1n) is 6.67. The zero-order chi connectivity index (χ0) is 16.2. The molecule has 1 atom stereocenters. The highest BCUT2D eigenvalue weighted by Gasteiger charge is 2.26. The maximum atomic E-state index is 12.4. The summed E-state index contributed by atoms with van der Waals surface area (Å²) in [6.07, 6.45) is 1.68. The Hall–Kier alpha value is -1.74. The maximum Gasteiger partial charge on any atom is 0.341 e. The van der Waals surface area contributed by atoms with Gasteiger partial charge in [-0.05, 0) is 37.1 Å². The standard InChI is InChI=1S/C13H16F2N2O4S/c14-12(15)22(19,20)11-5-3-9(4-6-11)16-13(18)17-10-2-1-7-21-8-10/h3-6,10,12H,1-2,7-8H2,(H2,16,17,18). The lowest BCUT2D eigenvalue weighted by Crippen LogP contribution is -2.42. The fraction of sp³-hybridized carbons (Fsp3) is 0.462. The van der Waals surface area contributed by atoms with Crippen LogP contribution in [-0.2, 0) is 14.6 Å². The third kappa shape index (κ3) is 4.14. The van der Waals surface area contributed by atoms with Gasteiger partial charge in [0.25, 0.3) is 0 Å². The Morgan fingerprint density at radius 1 is 1.27 bits per heavy atom. The topological polar surface area (TPSA) is 84.5 Å². The van der Waals surface area contributed by atoms with Crippen molar-refractivity contribution >= 4 is 21.6 Å². The van der Waals surface area contributed by atoms with Gasteiger partial charge >= 0.3 is 11.8 Å². The molecule has 1 aromatic carbocycles. The van der Waals surface area contributed by atoms with Crippen molar-refractivity contribution in [1.29, 1.82) is 0 Å². The molecule has 0 bridgehead atoms. The van der Waals surface area contributed by atoms with Crippen LogP contribution in [-0.4, -0.2) is 39.5 Å². The average molecular weight is 334 g/mol. The lowest BCUT2D eigenvalue weighted by atomic mass is 10.1. The molecule has 122 valence electrons. The van der Waals surface area contributed by atoms with Crippen molar-refractivity contribution in [3.05, 3.63) is 24.3 Å². The molecule has 0 saturated carbocycles. The van der Waals surface area contributed by atoms with Gasteiger partial charge in [-0.3, -0.25) is 0 Å². The van der Waals surface area contributed by atoms with Gasteiger partial charge in [-0.25, -0.2) is 13.2 Å². The molecule has 9 heteroatoms. The van der Waals surface area contributed by atoms with Gasteiger partial charge in [0.2, 0.25) is 9.84 Å². The number of benzene rings is 1. The molecule has 1 aromatic rings. The molecular weight excluding hydrogens is 318 g/mol. The Morgan fingerprint density at radius 3 is 2.50 bits per heavy atom. The van der Waals surface area contributed by atoms with Gasteiger partial charge in [0.15, 0.2) is 0 Å². The van der Waals surface area contributed by atoms with E-state index < -0.39 is 26.5 Å². The number of rotatable bonds is 4. The smallest absolute Gasteiger partial charge is 0.341 e. The first-order chi connectivity index (χ1) is 10.4. The molecule has 6 nitrogen and oxygen atoms in total. The van der Waals surface area contributed by atoms with Crippen LogP contribution in [0.1, 0.15) is 12.8 Å². The number of amides is 2. The van der Waals surface area contributed by atoms with Crippen LogP contribution in [0.4, 0.5) is 19.3 Å². The quantitative estimate of drug-likeness (QED) is 0.882. The molecule has 0 spiro atoms. The number of carbonyl (C=O) groups is 1. The molecule has 22 heavy (non-hydrogen) atoms. The van der Waals surface area contributed by atoms with Gasteiger partial charge in [-0.1, -0.05) is 0 Å². The number of sulfone groups is 1. The normalized spacial score (nSPS) is 19.0. The van der Waals surface area contributed by atoms with Crippen molar-refractivity contribution < 1.29 is 26.7 Å². The number of anilines is 1. The van der Waals surface area contributed by atoms with E-state index in [9.17, 15) is 22.0 Å². The van der Waals surface area contributed by atoms with E-state index >= 15 is 0 Å². The van der Waals surface area contributed by atoms with Crippen LogP contribution < -0.4 is 10.6 Å². The summed E-state index contributed by atoms with van der Waals surface area (Å²) in [6.45, 7) is 1.12. The minimum absolute atomic E-state index is 0.0766. The molecular formula is C13H16F2N2O4S. The van der Waals surface area contributed by atoms with E-state index in [1.807, 2.05) is 0 Å². The number of urea groups is 1. The average Bonchev–Trinajstić information content (AvgIpc) is 2.48. The monoisotopic (exact) mass is 334 g/mol. The molecule has 2 rings (SSSR count).